The number of aliphatic hydroxyl groups is 2. The van der Waals surface area contributed by atoms with E-state index in [1.165, 1.54) is 6.07 Å². The third-order valence-electron chi connectivity index (χ3n) is 3.17. The van der Waals surface area contributed by atoms with Crippen molar-refractivity contribution >= 4 is 11.3 Å². The standard InChI is InChI=1S/C14H15FO2S/c15-13-4-2-1-3-12(13)14(9-16,10-17)7-11-5-6-18-8-11/h1-6,8,16-17H,7,9-10H2. The Kier molecular flexibility index (Phi) is 4.11. The van der Waals surface area contributed by atoms with Crippen LogP contribution in [-0.4, -0.2) is 23.4 Å². The first kappa shape index (κ1) is 13.2. The Labute approximate surface area is 109 Å². The Bertz CT molecular complexity index is 492. The van der Waals surface area contributed by atoms with Crippen molar-refractivity contribution in [2.45, 2.75) is 11.8 Å². The zero-order valence-electron chi connectivity index (χ0n) is 9.84. The molecule has 0 unspecified atom stereocenters. The van der Waals surface area contributed by atoms with Gasteiger partial charge in [-0.3, -0.25) is 0 Å². The fourth-order valence-electron chi connectivity index (χ4n) is 2.10. The molecule has 1 heterocycles. The van der Waals surface area contributed by atoms with Crippen LogP contribution in [0, 0.1) is 5.82 Å². The third-order valence-corrected chi connectivity index (χ3v) is 3.91. The Hall–Kier alpha value is -1.23. The Morgan fingerprint density at radius 2 is 1.83 bits per heavy atom. The summed E-state index contributed by atoms with van der Waals surface area (Å²) in [5.41, 5.74) is 0.388. The van der Waals surface area contributed by atoms with Gasteiger partial charge in [-0.2, -0.15) is 11.3 Å². The highest BCUT2D eigenvalue weighted by Gasteiger charge is 2.33. The average molecular weight is 266 g/mol. The van der Waals surface area contributed by atoms with E-state index in [1.807, 2.05) is 16.8 Å². The fraction of sp³-hybridized carbons (Fsp3) is 0.286. The van der Waals surface area contributed by atoms with Crippen LogP contribution in [0.25, 0.3) is 0 Å². The van der Waals surface area contributed by atoms with E-state index < -0.39 is 11.2 Å². The van der Waals surface area contributed by atoms with Crippen molar-refractivity contribution in [3.8, 4) is 0 Å². The van der Waals surface area contributed by atoms with Crippen LogP contribution in [0.5, 0.6) is 0 Å². The molecule has 0 aliphatic rings. The number of benzene rings is 1. The number of hydrogen-bond acceptors (Lipinski definition) is 3. The lowest BCUT2D eigenvalue weighted by Gasteiger charge is -2.30. The highest BCUT2D eigenvalue weighted by molar-refractivity contribution is 7.07. The van der Waals surface area contributed by atoms with Gasteiger partial charge in [0.15, 0.2) is 0 Å². The first-order valence-corrected chi connectivity index (χ1v) is 6.64. The monoisotopic (exact) mass is 266 g/mol. The molecule has 0 aliphatic heterocycles. The largest absolute Gasteiger partial charge is 0.395 e. The molecule has 0 saturated carbocycles. The molecule has 2 aromatic rings. The molecule has 0 bridgehead atoms. The Balaban J connectivity index is 2.40. The minimum atomic E-state index is -0.966. The smallest absolute Gasteiger partial charge is 0.127 e. The minimum absolute atomic E-state index is 0.291. The lowest BCUT2D eigenvalue weighted by atomic mass is 9.77. The highest BCUT2D eigenvalue weighted by atomic mass is 32.1. The highest BCUT2D eigenvalue weighted by Crippen LogP contribution is 2.30. The van der Waals surface area contributed by atoms with Crippen LogP contribution in [0.4, 0.5) is 4.39 Å². The molecule has 1 aromatic heterocycles. The predicted octanol–water partition coefficient (Wildman–Crippen LogP) is 2.35. The molecule has 4 heteroatoms. The number of aliphatic hydroxyl groups excluding tert-OH is 2. The summed E-state index contributed by atoms with van der Waals surface area (Å²) >= 11 is 1.54. The topological polar surface area (TPSA) is 40.5 Å². The number of thiophene rings is 1. The van der Waals surface area contributed by atoms with Crippen LogP contribution in [0.2, 0.25) is 0 Å². The molecule has 2 rings (SSSR count). The summed E-state index contributed by atoms with van der Waals surface area (Å²) in [5, 5.41) is 23.1. The molecule has 0 spiro atoms. The lowest BCUT2D eigenvalue weighted by Crippen LogP contribution is -2.38. The van der Waals surface area contributed by atoms with Crippen LogP contribution in [0.1, 0.15) is 11.1 Å². The van der Waals surface area contributed by atoms with E-state index in [1.54, 1.807) is 29.5 Å². The first-order chi connectivity index (χ1) is 8.72. The number of rotatable bonds is 5. The average Bonchev–Trinajstić information content (AvgIpc) is 2.90. The van der Waals surface area contributed by atoms with Gasteiger partial charge in [0.1, 0.15) is 5.82 Å². The van der Waals surface area contributed by atoms with Gasteiger partial charge in [-0.15, -0.1) is 0 Å². The van der Waals surface area contributed by atoms with Gasteiger partial charge in [0.25, 0.3) is 0 Å². The maximum atomic E-state index is 13.9. The van der Waals surface area contributed by atoms with Gasteiger partial charge in [-0.25, -0.2) is 4.39 Å². The van der Waals surface area contributed by atoms with Crippen molar-refractivity contribution < 1.29 is 14.6 Å². The van der Waals surface area contributed by atoms with E-state index in [0.29, 0.717) is 12.0 Å². The second kappa shape index (κ2) is 5.61. The van der Waals surface area contributed by atoms with E-state index >= 15 is 0 Å². The van der Waals surface area contributed by atoms with Gasteiger partial charge in [0.2, 0.25) is 0 Å². The molecular weight excluding hydrogens is 251 g/mol. The van der Waals surface area contributed by atoms with Crippen LogP contribution >= 0.6 is 11.3 Å². The van der Waals surface area contributed by atoms with E-state index in [4.69, 9.17) is 0 Å². The van der Waals surface area contributed by atoms with Crippen LogP contribution in [-0.2, 0) is 11.8 Å². The second-order valence-electron chi connectivity index (χ2n) is 4.38. The normalized spacial score (nSPS) is 11.7. The number of hydrogen-bond donors (Lipinski definition) is 2. The van der Waals surface area contributed by atoms with Crippen molar-refractivity contribution in [1.29, 1.82) is 0 Å². The van der Waals surface area contributed by atoms with Gasteiger partial charge in [0, 0.05) is 5.41 Å². The van der Waals surface area contributed by atoms with Crippen molar-refractivity contribution in [1.82, 2.24) is 0 Å². The predicted molar refractivity (Wildman–Crippen MR) is 70.3 cm³/mol. The van der Waals surface area contributed by atoms with Crippen LogP contribution < -0.4 is 0 Å². The molecule has 0 saturated heterocycles. The van der Waals surface area contributed by atoms with E-state index in [0.717, 1.165) is 5.56 Å². The maximum absolute atomic E-state index is 13.9. The van der Waals surface area contributed by atoms with Crippen molar-refractivity contribution in [3.05, 3.63) is 58.0 Å². The zero-order chi connectivity index (χ0) is 13.0. The molecule has 0 radical (unpaired) electrons. The Morgan fingerprint density at radius 1 is 1.11 bits per heavy atom. The molecule has 2 nitrogen and oxygen atoms in total. The van der Waals surface area contributed by atoms with Crippen LogP contribution in [0.15, 0.2) is 41.1 Å². The van der Waals surface area contributed by atoms with Crippen molar-refractivity contribution in [2.75, 3.05) is 13.2 Å². The van der Waals surface area contributed by atoms with Crippen molar-refractivity contribution in [2.24, 2.45) is 0 Å². The summed E-state index contributed by atoms with van der Waals surface area (Å²) in [5.74, 6) is -0.393. The van der Waals surface area contributed by atoms with Gasteiger partial charge in [0.05, 0.1) is 13.2 Å². The molecule has 0 aliphatic carbocycles. The van der Waals surface area contributed by atoms with Crippen molar-refractivity contribution in [3.63, 3.8) is 0 Å². The molecule has 0 atom stereocenters. The number of halogens is 1. The fourth-order valence-corrected chi connectivity index (χ4v) is 2.77. The molecule has 0 amide bonds. The molecule has 2 N–H and O–H groups in total. The Morgan fingerprint density at radius 3 is 2.39 bits per heavy atom. The molecule has 18 heavy (non-hydrogen) atoms. The second-order valence-corrected chi connectivity index (χ2v) is 5.16. The summed E-state index contributed by atoms with van der Waals surface area (Å²) in [4.78, 5) is 0. The summed E-state index contributed by atoms with van der Waals surface area (Å²) in [6, 6.07) is 8.21. The van der Waals surface area contributed by atoms with Gasteiger partial charge in [-0.1, -0.05) is 18.2 Å². The SMILES string of the molecule is OCC(CO)(Cc1ccsc1)c1ccccc1F. The zero-order valence-corrected chi connectivity index (χ0v) is 10.7. The van der Waals surface area contributed by atoms with Gasteiger partial charge in [-0.05, 0) is 40.4 Å². The van der Waals surface area contributed by atoms with Gasteiger partial charge >= 0.3 is 0 Å². The summed E-state index contributed by atoms with van der Waals surface area (Å²) in [6.07, 6.45) is 0.421. The maximum Gasteiger partial charge on any atom is 0.127 e. The summed E-state index contributed by atoms with van der Waals surface area (Å²) < 4.78 is 13.9. The van der Waals surface area contributed by atoms with E-state index in [2.05, 4.69) is 0 Å². The third kappa shape index (κ3) is 2.46. The van der Waals surface area contributed by atoms with Gasteiger partial charge < -0.3 is 10.2 Å². The molecule has 0 fully saturated rings. The molecular formula is C14H15FO2S. The lowest BCUT2D eigenvalue weighted by molar-refractivity contribution is 0.113. The minimum Gasteiger partial charge on any atom is -0.395 e. The quantitative estimate of drug-likeness (QED) is 0.872. The molecule has 96 valence electrons. The summed E-state index contributed by atoms with van der Waals surface area (Å²) in [7, 11) is 0. The first-order valence-electron chi connectivity index (χ1n) is 5.70. The van der Waals surface area contributed by atoms with E-state index in [9.17, 15) is 14.6 Å². The van der Waals surface area contributed by atoms with E-state index in [-0.39, 0.29) is 13.2 Å². The van der Waals surface area contributed by atoms with Crippen LogP contribution in [0.3, 0.4) is 0 Å². The summed E-state index contributed by atoms with van der Waals surface area (Å²) in [6.45, 7) is -0.583. The molecule has 1 aromatic carbocycles.